The summed E-state index contributed by atoms with van der Waals surface area (Å²) in [7, 11) is -1.97. The number of rotatable bonds is 6. The molecule has 0 aromatic rings. The predicted octanol–water partition coefficient (Wildman–Crippen LogP) is 6.05. The molecule has 2 fully saturated rings. The van der Waals surface area contributed by atoms with Gasteiger partial charge in [-0.25, -0.2) is 0 Å². The Morgan fingerprint density at radius 2 is 1.23 bits per heavy atom. The average molecular weight is 327 g/mol. The molecule has 0 saturated heterocycles. The lowest BCUT2D eigenvalue weighted by Crippen LogP contribution is -2.44. The van der Waals surface area contributed by atoms with Crippen molar-refractivity contribution in [2.24, 2.45) is 11.8 Å². The van der Waals surface area contributed by atoms with Gasteiger partial charge in [0.2, 0.25) is 0 Å². The topological polar surface area (TPSA) is 18.5 Å². The van der Waals surface area contributed by atoms with Gasteiger partial charge < -0.3 is 8.85 Å². The lowest BCUT2D eigenvalue weighted by atomic mass is 9.81. The van der Waals surface area contributed by atoms with Crippen molar-refractivity contribution in [3.63, 3.8) is 0 Å². The monoisotopic (exact) mass is 326 g/mol. The molecule has 0 aromatic carbocycles. The molecular weight excluding hydrogens is 288 g/mol. The van der Waals surface area contributed by atoms with E-state index >= 15 is 0 Å². The van der Waals surface area contributed by atoms with Gasteiger partial charge in [-0.15, -0.1) is 0 Å². The Kier molecular flexibility index (Phi) is 7.92. The quantitative estimate of drug-likeness (QED) is 0.437. The van der Waals surface area contributed by atoms with Crippen LogP contribution in [0.5, 0.6) is 0 Å². The first-order valence-electron chi connectivity index (χ1n) is 9.97. The van der Waals surface area contributed by atoms with Crippen LogP contribution in [-0.2, 0) is 8.85 Å². The average Bonchev–Trinajstić information content (AvgIpc) is 2.90. The van der Waals surface area contributed by atoms with E-state index in [0.29, 0.717) is 5.54 Å². The molecule has 0 aliphatic heterocycles. The van der Waals surface area contributed by atoms with Gasteiger partial charge in [-0.05, 0) is 45.1 Å². The summed E-state index contributed by atoms with van der Waals surface area (Å²) in [4.78, 5) is 0. The maximum Gasteiger partial charge on any atom is 0.338 e. The van der Waals surface area contributed by atoms with Gasteiger partial charge in [-0.2, -0.15) is 0 Å². The van der Waals surface area contributed by atoms with Crippen LogP contribution in [0, 0.1) is 11.8 Å². The third-order valence-corrected chi connectivity index (χ3v) is 9.97. The fraction of sp³-hybridized carbons (Fsp3) is 1.00. The van der Waals surface area contributed by atoms with Crippen LogP contribution in [-0.4, -0.2) is 21.8 Å². The third kappa shape index (κ3) is 5.07. The zero-order valence-electron chi connectivity index (χ0n) is 15.2. The second-order valence-corrected chi connectivity index (χ2v) is 11.0. The Labute approximate surface area is 139 Å². The molecule has 2 rings (SSSR count). The summed E-state index contributed by atoms with van der Waals surface area (Å²) in [5.74, 6) is 2.01. The molecule has 2 unspecified atom stereocenters. The first kappa shape index (κ1) is 18.5. The molecule has 2 nitrogen and oxygen atoms in total. The highest BCUT2D eigenvalue weighted by Crippen LogP contribution is 2.43. The largest absolute Gasteiger partial charge is 0.394 e. The molecule has 2 aliphatic rings. The van der Waals surface area contributed by atoms with Crippen LogP contribution in [0.1, 0.15) is 84.5 Å². The molecule has 130 valence electrons. The van der Waals surface area contributed by atoms with Crippen molar-refractivity contribution in [2.75, 3.05) is 13.2 Å². The zero-order valence-corrected chi connectivity index (χ0v) is 16.2. The minimum absolute atomic E-state index is 0.711. The maximum absolute atomic E-state index is 6.18. The van der Waals surface area contributed by atoms with Crippen molar-refractivity contribution < 1.29 is 8.85 Å². The van der Waals surface area contributed by atoms with Crippen molar-refractivity contribution in [1.82, 2.24) is 0 Å². The van der Waals surface area contributed by atoms with E-state index in [0.717, 1.165) is 25.0 Å². The standard InChI is InChI=1S/C19H38O2Si/c1-4-20-22(3,21-5-2)19-14-10-13-18(15-16-19)17-11-8-6-7-9-12-17/h17-19H,4-16H2,1-3H3. The number of hydrogen-bond acceptors (Lipinski definition) is 2. The molecule has 22 heavy (non-hydrogen) atoms. The van der Waals surface area contributed by atoms with E-state index in [1.807, 2.05) is 0 Å². The summed E-state index contributed by atoms with van der Waals surface area (Å²) in [6.07, 6.45) is 15.9. The summed E-state index contributed by atoms with van der Waals surface area (Å²) in [5.41, 5.74) is 0.711. The van der Waals surface area contributed by atoms with Crippen molar-refractivity contribution in [1.29, 1.82) is 0 Å². The van der Waals surface area contributed by atoms with E-state index in [4.69, 9.17) is 8.85 Å². The van der Waals surface area contributed by atoms with E-state index in [-0.39, 0.29) is 0 Å². The zero-order chi connectivity index (χ0) is 15.8. The summed E-state index contributed by atoms with van der Waals surface area (Å²) >= 11 is 0. The van der Waals surface area contributed by atoms with Crippen molar-refractivity contribution in [2.45, 2.75) is 96.6 Å². The fourth-order valence-corrected chi connectivity index (χ4v) is 8.08. The molecule has 0 heterocycles. The van der Waals surface area contributed by atoms with Gasteiger partial charge in [0, 0.05) is 18.8 Å². The number of hydrogen-bond donors (Lipinski definition) is 0. The molecule has 2 aliphatic carbocycles. The summed E-state index contributed by atoms with van der Waals surface area (Å²) in [6.45, 7) is 8.18. The van der Waals surface area contributed by atoms with E-state index in [9.17, 15) is 0 Å². The second-order valence-electron chi connectivity index (χ2n) is 7.60. The van der Waals surface area contributed by atoms with Crippen molar-refractivity contribution in [3.05, 3.63) is 0 Å². The van der Waals surface area contributed by atoms with E-state index in [2.05, 4.69) is 20.4 Å². The van der Waals surface area contributed by atoms with Crippen LogP contribution < -0.4 is 0 Å². The minimum atomic E-state index is -1.97. The molecule has 0 amide bonds. The lowest BCUT2D eigenvalue weighted by molar-refractivity contribution is 0.174. The van der Waals surface area contributed by atoms with E-state index in [1.54, 1.807) is 0 Å². The molecule has 2 atom stereocenters. The van der Waals surface area contributed by atoms with E-state index < -0.39 is 8.56 Å². The second kappa shape index (κ2) is 9.44. The molecule has 0 aromatic heterocycles. The summed E-state index contributed by atoms with van der Waals surface area (Å²) in [6, 6.07) is 0. The third-order valence-electron chi connectivity index (χ3n) is 6.18. The SMILES string of the molecule is CCO[Si](C)(OCC)C1CCCC(C2CCCCCC2)CC1. The highest BCUT2D eigenvalue weighted by molar-refractivity contribution is 6.67. The van der Waals surface area contributed by atoms with Gasteiger partial charge >= 0.3 is 8.56 Å². The maximum atomic E-state index is 6.18. The highest BCUT2D eigenvalue weighted by atomic mass is 28.4. The lowest BCUT2D eigenvalue weighted by Gasteiger charge is -2.33. The molecule has 0 N–H and O–H groups in total. The minimum Gasteiger partial charge on any atom is -0.394 e. The van der Waals surface area contributed by atoms with Crippen LogP contribution in [0.3, 0.4) is 0 Å². The summed E-state index contributed by atoms with van der Waals surface area (Å²) < 4.78 is 12.4. The van der Waals surface area contributed by atoms with Crippen LogP contribution >= 0.6 is 0 Å². The van der Waals surface area contributed by atoms with E-state index in [1.165, 1.54) is 70.6 Å². The Hall–Kier alpha value is 0.137. The Bertz CT molecular complexity index is 294. The van der Waals surface area contributed by atoms with Crippen LogP contribution in [0.15, 0.2) is 0 Å². The van der Waals surface area contributed by atoms with Gasteiger partial charge in [0.15, 0.2) is 0 Å². The first-order valence-corrected chi connectivity index (χ1v) is 12.4. The molecule has 2 saturated carbocycles. The summed E-state index contributed by atoms with van der Waals surface area (Å²) in [5, 5.41) is 0. The Morgan fingerprint density at radius 1 is 0.682 bits per heavy atom. The smallest absolute Gasteiger partial charge is 0.338 e. The molecule has 0 bridgehead atoms. The highest BCUT2D eigenvalue weighted by Gasteiger charge is 2.41. The first-order chi connectivity index (χ1) is 10.7. The van der Waals surface area contributed by atoms with Gasteiger partial charge in [-0.3, -0.25) is 0 Å². The fourth-order valence-electron chi connectivity index (χ4n) is 4.96. The molecular formula is C19H38O2Si. The molecule has 0 spiro atoms. The van der Waals surface area contributed by atoms with Crippen LogP contribution in [0.25, 0.3) is 0 Å². The van der Waals surface area contributed by atoms with Gasteiger partial charge in [0.25, 0.3) is 0 Å². The predicted molar refractivity (Wildman–Crippen MR) is 96.4 cm³/mol. The molecule has 3 heteroatoms. The Morgan fingerprint density at radius 3 is 1.82 bits per heavy atom. The van der Waals surface area contributed by atoms with Gasteiger partial charge in [0.1, 0.15) is 0 Å². The van der Waals surface area contributed by atoms with Crippen molar-refractivity contribution >= 4 is 8.56 Å². The normalized spacial score (nSPS) is 29.0. The molecule has 0 radical (unpaired) electrons. The van der Waals surface area contributed by atoms with Crippen LogP contribution in [0.2, 0.25) is 12.1 Å². The van der Waals surface area contributed by atoms with Crippen molar-refractivity contribution in [3.8, 4) is 0 Å². The van der Waals surface area contributed by atoms with Gasteiger partial charge in [-0.1, -0.05) is 57.8 Å². The Balaban J connectivity index is 1.92. The van der Waals surface area contributed by atoms with Gasteiger partial charge in [0.05, 0.1) is 0 Å². The van der Waals surface area contributed by atoms with Crippen LogP contribution in [0.4, 0.5) is 0 Å².